The van der Waals surface area contributed by atoms with E-state index < -0.39 is 11.9 Å². The largest absolute Gasteiger partial charge is 0.378 e. The Hall–Kier alpha value is -2.80. The van der Waals surface area contributed by atoms with Crippen molar-refractivity contribution >= 4 is 11.8 Å². The van der Waals surface area contributed by atoms with Crippen LogP contribution in [0.3, 0.4) is 0 Å². The topological polar surface area (TPSA) is 58.6 Å². The molecule has 1 saturated carbocycles. The molecule has 1 heterocycles. The van der Waals surface area contributed by atoms with Crippen LogP contribution in [0.15, 0.2) is 48.5 Å². The molecule has 35 heavy (non-hydrogen) atoms. The van der Waals surface area contributed by atoms with Crippen LogP contribution in [0.2, 0.25) is 0 Å². The lowest BCUT2D eigenvalue weighted by Gasteiger charge is -2.31. The fraction of sp³-hybridized carbons (Fsp3) is 0.500. The van der Waals surface area contributed by atoms with Crippen molar-refractivity contribution in [2.75, 3.05) is 26.3 Å². The molecule has 1 aliphatic heterocycles. The summed E-state index contributed by atoms with van der Waals surface area (Å²) >= 11 is 0. The van der Waals surface area contributed by atoms with Crippen LogP contribution in [0.4, 0.5) is 8.78 Å². The van der Waals surface area contributed by atoms with E-state index in [0.29, 0.717) is 44.2 Å². The van der Waals surface area contributed by atoms with E-state index in [-0.39, 0.29) is 23.0 Å². The number of rotatable bonds is 10. The van der Waals surface area contributed by atoms with Gasteiger partial charge in [0.25, 0.3) is 5.91 Å². The first-order chi connectivity index (χ1) is 16.9. The lowest BCUT2D eigenvalue weighted by Crippen LogP contribution is -2.51. The minimum Gasteiger partial charge on any atom is -0.378 e. The predicted octanol–water partition coefficient (Wildman–Crippen LogP) is 5.07. The Morgan fingerprint density at radius 2 is 1.63 bits per heavy atom. The number of carbonyl (C=O) groups excluding carboxylic acids is 2. The van der Waals surface area contributed by atoms with Crippen LogP contribution < -0.4 is 5.32 Å². The zero-order chi connectivity index (χ0) is 24.8. The van der Waals surface area contributed by atoms with Crippen molar-refractivity contribution in [3.63, 3.8) is 0 Å². The van der Waals surface area contributed by atoms with Crippen LogP contribution in [-0.2, 0) is 9.53 Å². The maximum absolute atomic E-state index is 13.2. The Balaban J connectivity index is 1.27. The predicted molar refractivity (Wildman–Crippen MR) is 130 cm³/mol. The summed E-state index contributed by atoms with van der Waals surface area (Å²) in [6.07, 6.45) is 5.58. The molecule has 1 N–H and O–H groups in total. The van der Waals surface area contributed by atoms with E-state index in [4.69, 9.17) is 4.74 Å². The van der Waals surface area contributed by atoms with Gasteiger partial charge in [0.05, 0.1) is 13.2 Å². The number of benzene rings is 2. The van der Waals surface area contributed by atoms with Crippen molar-refractivity contribution in [1.29, 1.82) is 0 Å². The smallest absolute Gasteiger partial charge is 0.251 e. The standard InChI is InChI=1S/C28H34F2N2O3/c1-28(19-24(28)20-6-10-22(29)11-7-20)14-4-2-3-5-25(27(34)32-15-17-35-18-16-32)31-26(33)21-8-12-23(30)13-9-21/h6-13,24-25H,2-5,14-19H2,1H3,(H,31,33)/t24-,25+,28+/m1/s1. The molecule has 1 aliphatic carbocycles. The molecule has 2 aliphatic rings. The number of ether oxygens (including phenoxy) is 1. The zero-order valence-corrected chi connectivity index (χ0v) is 20.3. The van der Waals surface area contributed by atoms with Gasteiger partial charge in [-0.25, -0.2) is 8.78 Å². The van der Waals surface area contributed by atoms with Gasteiger partial charge >= 0.3 is 0 Å². The summed E-state index contributed by atoms with van der Waals surface area (Å²) in [5, 5.41) is 2.88. The second-order valence-electron chi connectivity index (χ2n) is 10.0. The first-order valence-electron chi connectivity index (χ1n) is 12.5. The van der Waals surface area contributed by atoms with E-state index in [1.807, 2.05) is 12.1 Å². The number of nitrogens with one attached hydrogen (secondary N) is 1. The van der Waals surface area contributed by atoms with E-state index in [2.05, 4.69) is 12.2 Å². The molecule has 2 fully saturated rings. The van der Waals surface area contributed by atoms with Gasteiger partial charge < -0.3 is 15.0 Å². The fourth-order valence-corrected chi connectivity index (χ4v) is 5.06. The molecular weight excluding hydrogens is 450 g/mol. The van der Waals surface area contributed by atoms with E-state index in [1.54, 1.807) is 4.90 Å². The summed E-state index contributed by atoms with van der Waals surface area (Å²) in [5.41, 5.74) is 1.78. The van der Waals surface area contributed by atoms with Crippen LogP contribution in [0, 0.1) is 17.0 Å². The van der Waals surface area contributed by atoms with Gasteiger partial charge in [0.2, 0.25) is 5.91 Å². The molecule has 4 rings (SSSR count). The molecule has 188 valence electrons. The Bertz CT molecular complexity index is 1010. The zero-order valence-electron chi connectivity index (χ0n) is 20.3. The van der Waals surface area contributed by atoms with Crippen LogP contribution in [0.5, 0.6) is 0 Å². The van der Waals surface area contributed by atoms with Gasteiger partial charge in [0.15, 0.2) is 0 Å². The van der Waals surface area contributed by atoms with Crippen molar-refractivity contribution in [3.8, 4) is 0 Å². The highest BCUT2D eigenvalue weighted by Crippen LogP contribution is 2.61. The van der Waals surface area contributed by atoms with Crippen molar-refractivity contribution < 1.29 is 23.1 Å². The van der Waals surface area contributed by atoms with Gasteiger partial charge in [-0.3, -0.25) is 9.59 Å². The van der Waals surface area contributed by atoms with Crippen molar-refractivity contribution in [3.05, 3.63) is 71.3 Å². The van der Waals surface area contributed by atoms with Crippen LogP contribution in [0.25, 0.3) is 0 Å². The van der Waals surface area contributed by atoms with Crippen molar-refractivity contribution in [2.45, 2.75) is 57.4 Å². The second-order valence-corrected chi connectivity index (χ2v) is 10.0. The second kappa shape index (κ2) is 11.3. The molecular formula is C28H34F2N2O3. The SMILES string of the molecule is C[C@]1(CCCCC[C@H](NC(=O)c2ccc(F)cc2)C(=O)N2CCOCC2)C[C@@H]1c1ccc(F)cc1. The molecule has 0 bridgehead atoms. The van der Waals surface area contributed by atoms with Gasteiger partial charge in [0, 0.05) is 18.7 Å². The van der Waals surface area contributed by atoms with Gasteiger partial charge in [0.1, 0.15) is 17.7 Å². The summed E-state index contributed by atoms with van der Waals surface area (Å²) in [7, 11) is 0. The van der Waals surface area contributed by atoms with E-state index in [1.165, 1.54) is 42.0 Å². The monoisotopic (exact) mass is 484 g/mol. The lowest BCUT2D eigenvalue weighted by atomic mass is 9.94. The molecule has 2 aromatic carbocycles. The molecule has 7 heteroatoms. The lowest BCUT2D eigenvalue weighted by molar-refractivity contribution is -0.137. The number of nitrogens with zero attached hydrogens (tertiary/aromatic N) is 1. The highest BCUT2D eigenvalue weighted by Gasteiger charge is 2.49. The molecule has 5 nitrogen and oxygen atoms in total. The minimum atomic E-state index is -0.617. The number of hydrogen-bond acceptors (Lipinski definition) is 3. The third-order valence-corrected chi connectivity index (χ3v) is 7.40. The summed E-state index contributed by atoms with van der Waals surface area (Å²) in [6.45, 7) is 4.32. The third-order valence-electron chi connectivity index (χ3n) is 7.40. The molecule has 2 amide bonds. The number of morpholine rings is 1. The van der Waals surface area contributed by atoms with E-state index in [9.17, 15) is 18.4 Å². The highest BCUT2D eigenvalue weighted by atomic mass is 19.1. The average Bonchev–Trinajstić information content (AvgIpc) is 3.55. The first kappa shape index (κ1) is 25.3. The Morgan fingerprint density at radius 3 is 2.29 bits per heavy atom. The summed E-state index contributed by atoms with van der Waals surface area (Å²) < 4.78 is 31.8. The summed E-state index contributed by atoms with van der Waals surface area (Å²) in [4.78, 5) is 27.6. The fourth-order valence-electron chi connectivity index (χ4n) is 5.06. The van der Waals surface area contributed by atoms with Gasteiger partial charge in [-0.15, -0.1) is 0 Å². The van der Waals surface area contributed by atoms with Crippen LogP contribution in [-0.4, -0.2) is 49.1 Å². The maximum atomic E-state index is 13.2. The van der Waals surface area contributed by atoms with Gasteiger partial charge in [-0.1, -0.05) is 38.3 Å². The Labute approximate surface area is 205 Å². The normalized spacial score (nSPS) is 22.5. The number of hydrogen-bond donors (Lipinski definition) is 1. The summed E-state index contributed by atoms with van der Waals surface area (Å²) in [5.74, 6) is -0.593. The Morgan fingerprint density at radius 1 is 1.00 bits per heavy atom. The van der Waals surface area contributed by atoms with E-state index in [0.717, 1.165) is 32.1 Å². The van der Waals surface area contributed by atoms with Crippen LogP contribution >= 0.6 is 0 Å². The van der Waals surface area contributed by atoms with E-state index >= 15 is 0 Å². The number of amides is 2. The van der Waals surface area contributed by atoms with Crippen LogP contribution in [0.1, 0.15) is 67.3 Å². The van der Waals surface area contributed by atoms with Gasteiger partial charge in [-0.05, 0) is 72.6 Å². The average molecular weight is 485 g/mol. The molecule has 1 saturated heterocycles. The quantitative estimate of drug-likeness (QED) is 0.479. The Kier molecular flexibility index (Phi) is 8.16. The summed E-state index contributed by atoms with van der Waals surface area (Å²) in [6, 6.07) is 11.5. The molecule has 0 aromatic heterocycles. The van der Waals surface area contributed by atoms with Crippen molar-refractivity contribution in [2.24, 2.45) is 5.41 Å². The number of unbranched alkanes of at least 4 members (excludes halogenated alkanes) is 2. The molecule has 0 spiro atoms. The molecule has 0 radical (unpaired) electrons. The number of halogens is 2. The molecule has 3 atom stereocenters. The third kappa shape index (κ3) is 6.66. The molecule has 0 unspecified atom stereocenters. The van der Waals surface area contributed by atoms with Crippen molar-refractivity contribution in [1.82, 2.24) is 10.2 Å². The highest BCUT2D eigenvalue weighted by molar-refractivity contribution is 5.97. The molecule has 2 aromatic rings. The number of carbonyl (C=O) groups is 2. The first-order valence-corrected chi connectivity index (χ1v) is 12.5. The van der Waals surface area contributed by atoms with Gasteiger partial charge in [-0.2, -0.15) is 0 Å². The maximum Gasteiger partial charge on any atom is 0.251 e. The minimum absolute atomic E-state index is 0.0886.